The summed E-state index contributed by atoms with van der Waals surface area (Å²) >= 11 is 0. The molecule has 0 spiro atoms. The molecule has 4 aromatic carbocycles. The number of benzene rings is 4. The number of ether oxygens (including phenoxy) is 3. The highest BCUT2D eigenvalue weighted by atomic mass is 19.1. The van der Waals surface area contributed by atoms with Crippen molar-refractivity contribution in [2.24, 2.45) is 0 Å². The zero-order valence-electron chi connectivity index (χ0n) is 29.2. The van der Waals surface area contributed by atoms with E-state index in [1.807, 2.05) is 25.1 Å². The molecule has 0 radical (unpaired) electrons. The summed E-state index contributed by atoms with van der Waals surface area (Å²) in [6.45, 7) is 3.02. The Bertz CT molecular complexity index is 2250. The maximum atomic E-state index is 13.6. The van der Waals surface area contributed by atoms with Gasteiger partial charge in [0.25, 0.3) is 0 Å². The van der Waals surface area contributed by atoms with Crippen molar-refractivity contribution in [3.8, 4) is 11.5 Å². The van der Waals surface area contributed by atoms with Gasteiger partial charge in [-0.1, -0.05) is 24.3 Å². The van der Waals surface area contributed by atoms with Gasteiger partial charge >= 0.3 is 5.97 Å². The Kier molecular flexibility index (Phi) is 9.82. The monoisotopic (exact) mass is 692 g/mol. The number of aliphatic hydroxyl groups excluding tert-OH is 1. The number of carbonyl (C=O) groups is 1. The lowest BCUT2D eigenvalue weighted by Gasteiger charge is -2.14. The van der Waals surface area contributed by atoms with Gasteiger partial charge in [0.05, 0.1) is 31.9 Å². The number of aromatic nitrogens is 2. The highest BCUT2D eigenvalue weighted by Gasteiger charge is 2.24. The molecule has 0 unspecified atom stereocenters. The molecule has 7 nitrogen and oxygen atoms in total. The molecule has 0 amide bonds. The van der Waals surface area contributed by atoms with E-state index in [9.17, 15) is 18.7 Å². The average Bonchev–Trinajstić information content (AvgIpc) is 3.93. The summed E-state index contributed by atoms with van der Waals surface area (Å²) in [6.07, 6.45) is 6.36. The normalized spacial score (nSPS) is 13.2. The molecule has 6 aromatic rings. The van der Waals surface area contributed by atoms with Crippen molar-refractivity contribution in [2.75, 3.05) is 20.8 Å². The molecular formula is C42H42F2N2O5. The number of aryl methyl sites for hydroxylation is 5. The van der Waals surface area contributed by atoms with Crippen LogP contribution in [-0.2, 0) is 54.9 Å². The largest absolute Gasteiger partial charge is 0.496 e. The number of esters is 1. The summed E-state index contributed by atoms with van der Waals surface area (Å²) in [6, 6.07) is 21.6. The van der Waals surface area contributed by atoms with E-state index >= 15 is 0 Å². The first kappa shape index (κ1) is 34.3. The van der Waals surface area contributed by atoms with Crippen LogP contribution in [0.5, 0.6) is 11.5 Å². The van der Waals surface area contributed by atoms with Crippen LogP contribution in [0.1, 0.15) is 57.6 Å². The van der Waals surface area contributed by atoms with Gasteiger partial charge in [-0.3, -0.25) is 0 Å². The molecule has 0 saturated heterocycles. The highest BCUT2D eigenvalue weighted by Crippen LogP contribution is 2.40. The van der Waals surface area contributed by atoms with Crippen molar-refractivity contribution in [3.05, 3.63) is 129 Å². The quantitative estimate of drug-likeness (QED) is 0.156. The third kappa shape index (κ3) is 6.82. The molecule has 0 aliphatic heterocycles. The molecule has 2 aliphatic carbocycles. The summed E-state index contributed by atoms with van der Waals surface area (Å²) in [7, 11) is 3.03. The molecule has 8 rings (SSSR count). The lowest BCUT2D eigenvalue weighted by molar-refractivity contribution is -0.142. The van der Waals surface area contributed by atoms with E-state index < -0.39 is 5.97 Å². The van der Waals surface area contributed by atoms with E-state index in [0.717, 1.165) is 88.6 Å². The molecule has 0 atom stereocenters. The van der Waals surface area contributed by atoms with E-state index in [-0.39, 0.29) is 24.8 Å². The van der Waals surface area contributed by atoms with E-state index in [1.165, 1.54) is 41.5 Å². The molecule has 2 heterocycles. The van der Waals surface area contributed by atoms with Gasteiger partial charge < -0.3 is 28.5 Å². The van der Waals surface area contributed by atoms with Gasteiger partial charge in [-0.2, -0.15) is 0 Å². The van der Waals surface area contributed by atoms with Crippen LogP contribution < -0.4 is 9.47 Å². The van der Waals surface area contributed by atoms with Crippen molar-refractivity contribution in [1.82, 2.24) is 9.13 Å². The first-order valence-electron chi connectivity index (χ1n) is 17.4. The number of methoxy groups -OCH3 is 2. The maximum Gasteiger partial charge on any atom is 0.343 e. The lowest BCUT2D eigenvalue weighted by Crippen LogP contribution is -2.13. The minimum absolute atomic E-state index is 0.0536. The van der Waals surface area contributed by atoms with Crippen LogP contribution in [0.25, 0.3) is 21.8 Å². The number of hydrogen-bond acceptors (Lipinski definition) is 5. The highest BCUT2D eigenvalue weighted by molar-refractivity contribution is 5.93. The van der Waals surface area contributed by atoms with Crippen molar-refractivity contribution < 1.29 is 32.9 Å². The molecule has 1 N–H and O–H groups in total. The third-order valence-corrected chi connectivity index (χ3v) is 10.1. The lowest BCUT2D eigenvalue weighted by atomic mass is 10.1. The van der Waals surface area contributed by atoms with Crippen LogP contribution in [0.2, 0.25) is 0 Å². The molecule has 51 heavy (non-hydrogen) atoms. The second-order valence-corrected chi connectivity index (χ2v) is 13.3. The van der Waals surface area contributed by atoms with Gasteiger partial charge in [0.2, 0.25) is 0 Å². The Morgan fingerprint density at radius 2 is 1.31 bits per heavy atom. The average molecular weight is 693 g/mol. The number of fused-ring (bicyclic) bond motifs is 6. The molecule has 0 bridgehead atoms. The van der Waals surface area contributed by atoms with Gasteiger partial charge in [0.15, 0.2) is 6.61 Å². The summed E-state index contributed by atoms with van der Waals surface area (Å²) in [5.74, 6) is 0.682. The topological polar surface area (TPSA) is 74.8 Å². The number of rotatable bonds is 9. The Morgan fingerprint density at radius 1 is 0.745 bits per heavy atom. The van der Waals surface area contributed by atoms with Crippen LogP contribution in [0.3, 0.4) is 0 Å². The fraction of sp³-hybridized carbons (Fsp3) is 0.310. The standard InChI is InChI=1S/C22H22FNO3.C20H20FNO2/c1-14-9-19-20(27-13-21(25)26-2)11-16-6-4-8-18(16)22(19)24(14)12-15-5-3-7-17(23)10-15;1-24-19-9-14-5-3-7-17(14)20-18(19)10-16(12-23)22(20)11-13-4-2-6-15(21)8-13/h3,5,7,9-11H,4,6,8,12-13H2,1-2H3;2,4,6,8-10,23H,3,5,7,11-12H2,1H3. The van der Waals surface area contributed by atoms with Crippen molar-refractivity contribution in [1.29, 1.82) is 0 Å². The summed E-state index contributed by atoms with van der Waals surface area (Å²) in [5.41, 5.74) is 11.2. The van der Waals surface area contributed by atoms with E-state index in [1.54, 1.807) is 31.4 Å². The third-order valence-electron chi connectivity index (χ3n) is 10.1. The first-order chi connectivity index (χ1) is 24.8. The van der Waals surface area contributed by atoms with Crippen molar-refractivity contribution in [2.45, 2.75) is 65.1 Å². The van der Waals surface area contributed by atoms with Gasteiger partial charge in [0, 0.05) is 35.2 Å². The van der Waals surface area contributed by atoms with E-state index in [0.29, 0.717) is 18.8 Å². The zero-order chi connectivity index (χ0) is 35.6. The smallest absolute Gasteiger partial charge is 0.343 e. The minimum atomic E-state index is -0.403. The fourth-order valence-electron chi connectivity index (χ4n) is 7.81. The van der Waals surface area contributed by atoms with E-state index in [2.05, 4.69) is 27.3 Å². The molecule has 0 fully saturated rings. The van der Waals surface area contributed by atoms with Gasteiger partial charge in [-0.05, 0) is 127 Å². The molecular weight excluding hydrogens is 650 g/mol. The maximum absolute atomic E-state index is 13.6. The number of hydrogen-bond donors (Lipinski definition) is 1. The summed E-state index contributed by atoms with van der Waals surface area (Å²) < 4.78 is 47.6. The minimum Gasteiger partial charge on any atom is -0.496 e. The number of carbonyl (C=O) groups excluding carboxylic acids is 1. The molecule has 0 saturated carbocycles. The van der Waals surface area contributed by atoms with Crippen molar-refractivity contribution in [3.63, 3.8) is 0 Å². The van der Waals surface area contributed by atoms with Gasteiger partial charge in [0.1, 0.15) is 23.1 Å². The van der Waals surface area contributed by atoms with Crippen LogP contribution in [0.4, 0.5) is 8.78 Å². The fourth-order valence-corrected chi connectivity index (χ4v) is 7.81. The second kappa shape index (κ2) is 14.6. The molecule has 2 aromatic heterocycles. The molecule has 2 aliphatic rings. The number of aliphatic hydroxyl groups is 1. The number of halogens is 2. The molecule has 9 heteroatoms. The molecule has 264 valence electrons. The SMILES string of the molecule is COC(=O)COc1cc2c(c3c1cc(C)n3Cc1cccc(F)c1)CCC2.COc1cc2c(c3c1cc(CO)n3Cc1cccc(F)c1)CCC2. The first-order valence-corrected chi connectivity index (χ1v) is 17.4. The van der Waals surface area contributed by atoms with Gasteiger partial charge in [-0.25, -0.2) is 13.6 Å². The second-order valence-electron chi connectivity index (χ2n) is 13.3. The van der Waals surface area contributed by atoms with E-state index in [4.69, 9.17) is 14.2 Å². The Labute approximate surface area is 296 Å². The Balaban J connectivity index is 0.000000160. The predicted molar refractivity (Wildman–Crippen MR) is 194 cm³/mol. The van der Waals surface area contributed by atoms with Crippen LogP contribution in [-0.4, -0.2) is 41.0 Å². The summed E-state index contributed by atoms with van der Waals surface area (Å²) in [4.78, 5) is 11.5. The Hall–Kier alpha value is -5.15. The zero-order valence-corrected chi connectivity index (χ0v) is 29.2. The Morgan fingerprint density at radius 3 is 1.88 bits per heavy atom. The van der Waals surface area contributed by atoms with Crippen molar-refractivity contribution >= 4 is 27.8 Å². The predicted octanol–water partition coefficient (Wildman–Crippen LogP) is 8.00. The van der Waals surface area contributed by atoms with Gasteiger partial charge in [-0.15, -0.1) is 0 Å². The van der Waals surface area contributed by atoms with Crippen LogP contribution in [0.15, 0.2) is 72.8 Å². The number of nitrogens with zero attached hydrogens (tertiary/aromatic N) is 2. The van der Waals surface area contributed by atoms with Crippen LogP contribution >= 0.6 is 0 Å². The summed E-state index contributed by atoms with van der Waals surface area (Å²) in [5, 5.41) is 11.8. The van der Waals surface area contributed by atoms with Crippen LogP contribution in [0, 0.1) is 18.6 Å².